The summed E-state index contributed by atoms with van der Waals surface area (Å²) in [6.45, 7) is 0. The minimum Gasteiger partial charge on any atom is -0.493 e. The molecular formula is C12H11ClN2O4. The van der Waals surface area contributed by atoms with E-state index < -0.39 is 5.97 Å². The number of methoxy groups -OCH3 is 3. The first-order chi connectivity index (χ1) is 9.10. The molecule has 0 saturated heterocycles. The van der Waals surface area contributed by atoms with E-state index in [1.54, 1.807) is 12.1 Å². The number of hydrogen-bond acceptors (Lipinski definition) is 6. The van der Waals surface area contributed by atoms with Crippen molar-refractivity contribution in [3.8, 4) is 11.5 Å². The lowest BCUT2D eigenvalue weighted by molar-refractivity contribution is 0.0594. The van der Waals surface area contributed by atoms with Crippen molar-refractivity contribution in [2.45, 2.75) is 0 Å². The number of fused-ring (bicyclic) bond motifs is 1. The van der Waals surface area contributed by atoms with Crippen molar-refractivity contribution in [1.29, 1.82) is 0 Å². The predicted molar refractivity (Wildman–Crippen MR) is 69.0 cm³/mol. The number of aromatic nitrogens is 2. The molecule has 0 N–H and O–H groups in total. The summed E-state index contributed by atoms with van der Waals surface area (Å²) in [5.74, 6) is 0.350. The van der Waals surface area contributed by atoms with Gasteiger partial charge in [0.2, 0.25) is 0 Å². The molecular weight excluding hydrogens is 272 g/mol. The second-order valence-corrected chi connectivity index (χ2v) is 3.91. The van der Waals surface area contributed by atoms with Gasteiger partial charge in [0.05, 0.1) is 32.4 Å². The Bertz CT molecular complexity index is 645. The van der Waals surface area contributed by atoms with Crippen LogP contribution in [0.2, 0.25) is 5.15 Å². The second kappa shape index (κ2) is 5.27. The van der Waals surface area contributed by atoms with Crippen LogP contribution < -0.4 is 9.47 Å². The van der Waals surface area contributed by atoms with Gasteiger partial charge >= 0.3 is 5.97 Å². The summed E-state index contributed by atoms with van der Waals surface area (Å²) >= 11 is 5.90. The first kappa shape index (κ1) is 13.4. The van der Waals surface area contributed by atoms with Crippen LogP contribution in [0.4, 0.5) is 0 Å². The molecule has 19 heavy (non-hydrogen) atoms. The Labute approximate surface area is 114 Å². The van der Waals surface area contributed by atoms with Gasteiger partial charge in [-0.2, -0.15) is 0 Å². The summed E-state index contributed by atoms with van der Waals surface area (Å²) < 4.78 is 14.9. The maximum atomic E-state index is 11.5. The number of esters is 1. The molecule has 0 atom stereocenters. The van der Waals surface area contributed by atoms with Gasteiger partial charge in [-0.25, -0.2) is 14.8 Å². The number of hydrogen-bond donors (Lipinski definition) is 0. The van der Waals surface area contributed by atoms with Crippen molar-refractivity contribution in [3.05, 3.63) is 23.0 Å². The highest BCUT2D eigenvalue weighted by Crippen LogP contribution is 2.31. The average Bonchev–Trinajstić information content (AvgIpc) is 2.44. The molecule has 0 spiro atoms. The first-order valence-electron chi connectivity index (χ1n) is 5.28. The third-order valence-corrected chi connectivity index (χ3v) is 2.77. The van der Waals surface area contributed by atoms with E-state index >= 15 is 0 Å². The van der Waals surface area contributed by atoms with Crippen molar-refractivity contribution in [3.63, 3.8) is 0 Å². The molecule has 0 aliphatic carbocycles. The van der Waals surface area contributed by atoms with E-state index in [2.05, 4.69) is 14.7 Å². The molecule has 2 rings (SSSR count). The molecule has 0 aliphatic heterocycles. The standard InChI is InChI=1S/C12H11ClN2O4/c1-17-8-4-6-7(5-9(8)18-2)15-11(13)10(14-6)12(16)19-3/h4-5H,1-3H3. The Morgan fingerprint density at radius 2 is 1.58 bits per heavy atom. The molecule has 0 saturated carbocycles. The van der Waals surface area contributed by atoms with E-state index in [1.807, 2.05) is 0 Å². The van der Waals surface area contributed by atoms with Crippen LogP contribution >= 0.6 is 11.6 Å². The van der Waals surface area contributed by atoms with Gasteiger partial charge in [0.1, 0.15) is 0 Å². The molecule has 0 fully saturated rings. The number of benzene rings is 1. The Kier molecular flexibility index (Phi) is 3.71. The van der Waals surface area contributed by atoms with Crippen LogP contribution in [-0.2, 0) is 4.74 Å². The van der Waals surface area contributed by atoms with Crippen molar-refractivity contribution in [2.75, 3.05) is 21.3 Å². The molecule has 0 aliphatic rings. The molecule has 0 unspecified atom stereocenters. The quantitative estimate of drug-likeness (QED) is 0.803. The Morgan fingerprint density at radius 3 is 2.05 bits per heavy atom. The van der Waals surface area contributed by atoms with Gasteiger partial charge in [-0.3, -0.25) is 0 Å². The van der Waals surface area contributed by atoms with Gasteiger partial charge in [0.25, 0.3) is 0 Å². The Hall–Kier alpha value is -2.08. The van der Waals surface area contributed by atoms with Crippen LogP contribution in [0.15, 0.2) is 12.1 Å². The SMILES string of the molecule is COC(=O)c1nc2cc(OC)c(OC)cc2nc1Cl. The van der Waals surface area contributed by atoms with Crippen molar-refractivity contribution in [2.24, 2.45) is 0 Å². The van der Waals surface area contributed by atoms with E-state index in [4.69, 9.17) is 21.1 Å². The minimum atomic E-state index is -0.644. The second-order valence-electron chi connectivity index (χ2n) is 3.55. The van der Waals surface area contributed by atoms with Crippen molar-refractivity contribution < 1.29 is 19.0 Å². The number of halogens is 1. The van der Waals surface area contributed by atoms with Crippen molar-refractivity contribution >= 4 is 28.6 Å². The number of nitrogens with zero attached hydrogens (tertiary/aromatic N) is 2. The summed E-state index contributed by atoms with van der Waals surface area (Å²) in [5, 5.41) is -0.0217. The maximum absolute atomic E-state index is 11.5. The van der Waals surface area contributed by atoms with Gasteiger partial charge in [-0.05, 0) is 0 Å². The van der Waals surface area contributed by atoms with E-state index in [9.17, 15) is 4.79 Å². The van der Waals surface area contributed by atoms with E-state index in [1.165, 1.54) is 21.3 Å². The topological polar surface area (TPSA) is 70.5 Å². The Balaban J connectivity index is 2.68. The van der Waals surface area contributed by atoms with Crippen LogP contribution in [0.1, 0.15) is 10.5 Å². The highest BCUT2D eigenvalue weighted by atomic mass is 35.5. The molecule has 0 amide bonds. The average molecular weight is 283 g/mol. The highest BCUT2D eigenvalue weighted by Gasteiger charge is 2.17. The lowest BCUT2D eigenvalue weighted by atomic mass is 10.2. The normalized spacial score (nSPS) is 10.3. The van der Waals surface area contributed by atoms with Crippen LogP contribution in [0.5, 0.6) is 11.5 Å². The smallest absolute Gasteiger partial charge is 0.359 e. The molecule has 100 valence electrons. The molecule has 2 aromatic rings. The molecule has 0 radical (unpaired) electrons. The minimum absolute atomic E-state index is 0.0217. The van der Waals surface area contributed by atoms with Gasteiger partial charge < -0.3 is 14.2 Å². The fourth-order valence-corrected chi connectivity index (χ4v) is 1.80. The first-order valence-corrected chi connectivity index (χ1v) is 5.66. The van der Waals surface area contributed by atoms with Gasteiger partial charge in [0.15, 0.2) is 22.3 Å². The number of rotatable bonds is 3. The fraction of sp³-hybridized carbons (Fsp3) is 0.250. The third-order valence-electron chi connectivity index (χ3n) is 2.51. The summed E-state index contributed by atoms with van der Waals surface area (Å²) in [4.78, 5) is 19.7. The number of carbonyl (C=O) groups is 1. The predicted octanol–water partition coefficient (Wildman–Crippen LogP) is 2.09. The van der Waals surface area contributed by atoms with Gasteiger partial charge in [0, 0.05) is 12.1 Å². The molecule has 1 heterocycles. The van der Waals surface area contributed by atoms with E-state index in [-0.39, 0.29) is 10.8 Å². The third kappa shape index (κ3) is 2.39. The van der Waals surface area contributed by atoms with E-state index in [0.29, 0.717) is 22.5 Å². The van der Waals surface area contributed by atoms with Gasteiger partial charge in [-0.15, -0.1) is 0 Å². The molecule has 1 aromatic heterocycles. The van der Waals surface area contributed by atoms with Crippen LogP contribution in [0, 0.1) is 0 Å². The summed E-state index contributed by atoms with van der Waals surface area (Å²) in [6.07, 6.45) is 0. The number of carbonyl (C=O) groups excluding carboxylic acids is 1. The lowest BCUT2D eigenvalue weighted by Crippen LogP contribution is -2.07. The van der Waals surface area contributed by atoms with Crippen LogP contribution in [0.25, 0.3) is 11.0 Å². The zero-order valence-corrected chi connectivity index (χ0v) is 11.3. The molecule has 7 heteroatoms. The summed E-state index contributed by atoms with van der Waals surface area (Å²) in [5.41, 5.74) is 0.918. The highest BCUT2D eigenvalue weighted by molar-refractivity contribution is 6.32. The Morgan fingerprint density at radius 1 is 1.05 bits per heavy atom. The molecule has 1 aromatic carbocycles. The van der Waals surface area contributed by atoms with Crippen molar-refractivity contribution in [1.82, 2.24) is 9.97 Å². The summed E-state index contributed by atoms with van der Waals surface area (Å²) in [7, 11) is 4.27. The fourth-order valence-electron chi connectivity index (χ4n) is 1.59. The zero-order valence-electron chi connectivity index (χ0n) is 10.6. The van der Waals surface area contributed by atoms with Gasteiger partial charge in [-0.1, -0.05) is 11.6 Å². The maximum Gasteiger partial charge on any atom is 0.359 e. The van der Waals surface area contributed by atoms with Crippen LogP contribution in [0.3, 0.4) is 0 Å². The molecule has 6 nitrogen and oxygen atoms in total. The monoisotopic (exact) mass is 282 g/mol. The van der Waals surface area contributed by atoms with E-state index in [0.717, 1.165) is 0 Å². The lowest BCUT2D eigenvalue weighted by Gasteiger charge is -2.09. The largest absolute Gasteiger partial charge is 0.493 e. The number of ether oxygens (including phenoxy) is 3. The van der Waals surface area contributed by atoms with Crippen LogP contribution in [-0.4, -0.2) is 37.3 Å². The molecule has 0 bridgehead atoms. The summed E-state index contributed by atoms with van der Waals surface area (Å²) in [6, 6.07) is 3.25. The zero-order chi connectivity index (χ0) is 14.0.